The summed E-state index contributed by atoms with van der Waals surface area (Å²) in [6.45, 7) is 7.23. The minimum absolute atomic E-state index is 0.0596. The van der Waals surface area contributed by atoms with Crippen LogP contribution in [0.3, 0.4) is 0 Å². The summed E-state index contributed by atoms with van der Waals surface area (Å²) < 4.78 is 5.55. The van der Waals surface area contributed by atoms with Crippen molar-refractivity contribution in [2.75, 3.05) is 0 Å². The van der Waals surface area contributed by atoms with Crippen molar-refractivity contribution in [1.29, 1.82) is 0 Å². The molecule has 110 valence electrons. The molecule has 5 heteroatoms. The van der Waals surface area contributed by atoms with Gasteiger partial charge in [0.2, 0.25) is 0 Å². The molecule has 0 fully saturated rings. The molecule has 0 heterocycles. The number of hydrogen-bond acceptors (Lipinski definition) is 3. The minimum atomic E-state index is -1.07. The summed E-state index contributed by atoms with van der Waals surface area (Å²) in [4.78, 5) is 23.1. The molecule has 0 saturated carbocycles. The monoisotopic (exact) mass is 279 g/mol. The first-order valence-electron chi connectivity index (χ1n) is 6.66. The van der Waals surface area contributed by atoms with Gasteiger partial charge in [0.15, 0.2) is 6.10 Å². The topological polar surface area (TPSA) is 75.6 Å². The summed E-state index contributed by atoms with van der Waals surface area (Å²) in [6.07, 6.45) is 0.0756. The van der Waals surface area contributed by atoms with E-state index in [-0.39, 0.29) is 23.3 Å². The maximum absolute atomic E-state index is 11.9. The molecule has 2 atom stereocenters. The second-order valence-electron chi connectivity index (χ2n) is 4.83. The van der Waals surface area contributed by atoms with Gasteiger partial charge in [-0.25, -0.2) is 4.79 Å². The SMILES string of the molecule is CCC(C)NC(=O)C(C)Oc1c(C)cccc1C(=O)O. The maximum atomic E-state index is 11.9. The van der Waals surface area contributed by atoms with Crippen LogP contribution in [0, 0.1) is 6.92 Å². The molecular weight excluding hydrogens is 258 g/mol. The van der Waals surface area contributed by atoms with E-state index in [1.807, 2.05) is 13.8 Å². The third-order valence-corrected chi connectivity index (χ3v) is 3.11. The minimum Gasteiger partial charge on any atom is -0.480 e. The van der Waals surface area contributed by atoms with Gasteiger partial charge in [0.05, 0.1) is 0 Å². The summed E-state index contributed by atoms with van der Waals surface area (Å²) >= 11 is 0. The lowest BCUT2D eigenvalue weighted by Crippen LogP contribution is -2.41. The third kappa shape index (κ3) is 3.98. The zero-order valence-corrected chi connectivity index (χ0v) is 12.3. The van der Waals surface area contributed by atoms with Crippen LogP contribution in [-0.2, 0) is 4.79 Å². The number of para-hydroxylation sites is 1. The van der Waals surface area contributed by atoms with Gasteiger partial charge in [0, 0.05) is 6.04 Å². The molecule has 0 aromatic heterocycles. The van der Waals surface area contributed by atoms with Crippen molar-refractivity contribution in [3.8, 4) is 5.75 Å². The molecule has 5 nitrogen and oxygen atoms in total. The van der Waals surface area contributed by atoms with Gasteiger partial charge in [0.1, 0.15) is 11.3 Å². The van der Waals surface area contributed by atoms with E-state index in [4.69, 9.17) is 9.84 Å². The van der Waals surface area contributed by atoms with Crippen molar-refractivity contribution in [3.05, 3.63) is 29.3 Å². The smallest absolute Gasteiger partial charge is 0.339 e. The molecule has 0 aliphatic carbocycles. The molecule has 0 aliphatic heterocycles. The van der Waals surface area contributed by atoms with E-state index < -0.39 is 12.1 Å². The number of carboxylic acids is 1. The summed E-state index contributed by atoms with van der Waals surface area (Å²) in [7, 11) is 0. The zero-order chi connectivity index (χ0) is 15.3. The van der Waals surface area contributed by atoms with E-state index in [0.717, 1.165) is 6.42 Å². The summed E-state index contributed by atoms with van der Waals surface area (Å²) in [6, 6.07) is 4.92. The van der Waals surface area contributed by atoms with Crippen LogP contribution in [0.5, 0.6) is 5.75 Å². The van der Waals surface area contributed by atoms with Crippen molar-refractivity contribution >= 4 is 11.9 Å². The Morgan fingerprint density at radius 2 is 2.00 bits per heavy atom. The average Bonchev–Trinajstić information content (AvgIpc) is 2.40. The zero-order valence-electron chi connectivity index (χ0n) is 12.3. The molecule has 0 aliphatic rings. The number of rotatable bonds is 6. The largest absolute Gasteiger partial charge is 0.480 e. The number of benzene rings is 1. The molecular formula is C15H21NO4. The molecule has 1 amide bonds. The Balaban J connectivity index is 2.88. The third-order valence-electron chi connectivity index (χ3n) is 3.11. The molecule has 1 aromatic carbocycles. The van der Waals surface area contributed by atoms with Gasteiger partial charge in [-0.05, 0) is 38.8 Å². The van der Waals surface area contributed by atoms with Gasteiger partial charge >= 0.3 is 5.97 Å². The Morgan fingerprint density at radius 1 is 1.35 bits per heavy atom. The molecule has 0 radical (unpaired) electrons. The van der Waals surface area contributed by atoms with Crippen molar-refractivity contribution in [2.24, 2.45) is 0 Å². The van der Waals surface area contributed by atoms with Crippen LogP contribution < -0.4 is 10.1 Å². The maximum Gasteiger partial charge on any atom is 0.339 e. The fourth-order valence-corrected chi connectivity index (χ4v) is 1.67. The number of ether oxygens (including phenoxy) is 1. The summed E-state index contributed by atoms with van der Waals surface area (Å²) in [5.41, 5.74) is 0.751. The van der Waals surface area contributed by atoms with Crippen LogP contribution in [0.15, 0.2) is 18.2 Å². The van der Waals surface area contributed by atoms with E-state index in [1.165, 1.54) is 6.07 Å². The number of aromatic carboxylic acids is 1. The molecule has 1 aromatic rings. The van der Waals surface area contributed by atoms with Crippen LogP contribution in [0.25, 0.3) is 0 Å². The lowest BCUT2D eigenvalue weighted by Gasteiger charge is -2.19. The van der Waals surface area contributed by atoms with Gasteiger partial charge < -0.3 is 15.2 Å². The number of carboxylic acid groups (broad SMARTS) is 1. The Labute approximate surface area is 118 Å². The predicted octanol–water partition coefficient (Wildman–Crippen LogP) is 2.38. The van der Waals surface area contributed by atoms with Gasteiger partial charge in [-0.15, -0.1) is 0 Å². The number of carbonyl (C=O) groups excluding carboxylic acids is 1. The first-order chi connectivity index (χ1) is 9.36. The average molecular weight is 279 g/mol. The molecule has 2 N–H and O–H groups in total. The molecule has 1 rings (SSSR count). The van der Waals surface area contributed by atoms with Gasteiger partial charge in [-0.3, -0.25) is 4.79 Å². The number of hydrogen-bond donors (Lipinski definition) is 2. The normalized spacial score (nSPS) is 13.4. The first-order valence-corrected chi connectivity index (χ1v) is 6.66. The van der Waals surface area contributed by atoms with Crippen molar-refractivity contribution in [1.82, 2.24) is 5.32 Å². The van der Waals surface area contributed by atoms with Crippen LogP contribution >= 0.6 is 0 Å². The highest BCUT2D eigenvalue weighted by molar-refractivity contribution is 5.91. The summed E-state index contributed by atoms with van der Waals surface area (Å²) in [5.74, 6) is -1.08. The Bertz CT molecular complexity index is 499. The van der Waals surface area contributed by atoms with Crippen molar-refractivity contribution in [3.63, 3.8) is 0 Å². The van der Waals surface area contributed by atoms with Crippen LogP contribution in [-0.4, -0.2) is 29.1 Å². The number of aryl methyl sites for hydroxylation is 1. The van der Waals surface area contributed by atoms with E-state index in [0.29, 0.717) is 5.56 Å². The summed E-state index contributed by atoms with van der Waals surface area (Å²) in [5, 5.41) is 12.0. The van der Waals surface area contributed by atoms with E-state index in [1.54, 1.807) is 26.0 Å². The van der Waals surface area contributed by atoms with Gasteiger partial charge in [-0.1, -0.05) is 19.1 Å². The predicted molar refractivity (Wildman–Crippen MR) is 76.1 cm³/mol. The molecule has 2 unspecified atom stereocenters. The highest BCUT2D eigenvalue weighted by Crippen LogP contribution is 2.24. The number of carbonyl (C=O) groups is 2. The second kappa shape index (κ2) is 6.93. The van der Waals surface area contributed by atoms with Crippen molar-refractivity contribution in [2.45, 2.75) is 46.3 Å². The molecule has 0 spiro atoms. The Hall–Kier alpha value is -2.04. The molecule has 20 heavy (non-hydrogen) atoms. The fourth-order valence-electron chi connectivity index (χ4n) is 1.67. The fraction of sp³-hybridized carbons (Fsp3) is 0.467. The standard InChI is InChI=1S/C15H21NO4/c1-5-10(3)16-14(17)11(4)20-13-9(2)7-6-8-12(13)15(18)19/h6-8,10-11H,5H2,1-4H3,(H,16,17)(H,18,19). The molecule has 0 saturated heterocycles. The second-order valence-corrected chi connectivity index (χ2v) is 4.83. The highest BCUT2D eigenvalue weighted by Gasteiger charge is 2.20. The van der Waals surface area contributed by atoms with Crippen LogP contribution in [0.2, 0.25) is 0 Å². The number of amides is 1. The van der Waals surface area contributed by atoms with Gasteiger partial charge in [0.25, 0.3) is 5.91 Å². The van der Waals surface area contributed by atoms with E-state index in [9.17, 15) is 9.59 Å². The molecule has 0 bridgehead atoms. The van der Waals surface area contributed by atoms with Gasteiger partial charge in [-0.2, -0.15) is 0 Å². The Morgan fingerprint density at radius 3 is 2.55 bits per heavy atom. The van der Waals surface area contributed by atoms with Crippen molar-refractivity contribution < 1.29 is 19.4 Å². The van der Waals surface area contributed by atoms with E-state index in [2.05, 4.69) is 5.32 Å². The van der Waals surface area contributed by atoms with E-state index >= 15 is 0 Å². The number of nitrogens with one attached hydrogen (secondary N) is 1. The lowest BCUT2D eigenvalue weighted by atomic mass is 10.1. The highest BCUT2D eigenvalue weighted by atomic mass is 16.5. The first kappa shape index (κ1) is 16.0. The van der Waals surface area contributed by atoms with Crippen LogP contribution in [0.4, 0.5) is 0 Å². The quantitative estimate of drug-likeness (QED) is 0.838. The lowest BCUT2D eigenvalue weighted by molar-refractivity contribution is -0.127. The van der Waals surface area contributed by atoms with Crippen LogP contribution in [0.1, 0.15) is 43.1 Å². The Kier molecular flexibility index (Phi) is 5.55.